The lowest BCUT2D eigenvalue weighted by atomic mass is 9.79. The van der Waals surface area contributed by atoms with E-state index in [1.54, 1.807) is 0 Å². The van der Waals surface area contributed by atoms with Crippen molar-refractivity contribution in [2.45, 2.75) is 32.2 Å². The van der Waals surface area contributed by atoms with Crippen LogP contribution in [-0.4, -0.2) is 19.8 Å². The summed E-state index contributed by atoms with van der Waals surface area (Å²) in [5.41, 5.74) is 2.60. The van der Waals surface area contributed by atoms with Gasteiger partial charge in [0.2, 0.25) is 0 Å². The molecular formula is C21H25NO2S. The van der Waals surface area contributed by atoms with E-state index in [1.807, 2.05) is 18.3 Å². The van der Waals surface area contributed by atoms with Gasteiger partial charge in [0.1, 0.15) is 12.4 Å². The zero-order valence-corrected chi connectivity index (χ0v) is 15.6. The van der Waals surface area contributed by atoms with Crippen molar-refractivity contribution >= 4 is 17.0 Å². The molecule has 1 aromatic heterocycles. The number of nitrogens with one attached hydrogen (secondary N) is 1. The largest absolute Gasteiger partial charge is 0.491 e. The third kappa shape index (κ3) is 3.33. The highest BCUT2D eigenvalue weighted by atomic mass is 32.1. The molecule has 4 rings (SSSR count). The molecule has 2 aromatic rings. The van der Waals surface area contributed by atoms with Crippen LogP contribution in [0.25, 0.3) is 0 Å². The number of anilines is 1. The number of fused-ring (bicyclic) bond motifs is 3. The molecule has 0 spiro atoms. The van der Waals surface area contributed by atoms with E-state index in [-0.39, 0.29) is 0 Å². The van der Waals surface area contributed by atoms with Crippen molar-refractivity contribution in [2.24, 2.45) is 5.92 Å². The van der Waals surface area contributed by atoms with Crippen molar-refractivity contribution in [1.82, 2.24) is 0 Å². The second kappa shape index (κ2) is 7.22. The van der Waals surface area contributed by atoms with Crippen LogP contribution in [0.15, 0.2) is 42.5 Å². The minimum atomic E-state index is 0.399. The van der Waals surface area contributed by atoms with Crippen LogP contribution in [0.3, 0.4) is 0 Å². The Hall–Kier alpha value is -1.78. The maximum atomic E-state index is 5.86. The lowest BCUT2D eigenvalue weighted by Gasteiger charge is -2.37. The highest BCUT2D eigenvalue weighted by Crippen LogP contribution is 2.51. The molecule has 1 aliphatic carbocycles. The predicted octanol–water partition coefficient (Wildman–Crippen LogP) is 5.30. The zero-order valence-electron chi connectivity index (χ0n) is 14.8. The van der Waals surface area contributed by atoms with Gasteiger partial charge in [-0.1, -0.05) is 12.2 Å². The molecule has 0 saturated heterocycles. The summed E-state index contributed by atoms with van der Waals surface area (Å²) in [5, 5.41) is 3.79. The molecule has 1 aromatic carbocycles. The first-order valence-corrected chi connectivity index (χ1v) is 9.92. The van der Waals surface area contributed by atoms with Crippen molar-refractivity contribution in [1.29, 1.82) is 0 Å². The average Bonchev–Trinajstić information content (AvgIpc) is 3.27. The molecule has 2 heterocycles. The van der Waals surface area contributed by atoms with E-state index in [0.29, 0.717) is 31.1 Å². The lowest BCUT2D eigenvalue weighted by molar-refractivity contribution is 0.110. The Labute approximate surface area is 153 Å². The monoisotopic (exact) mass is 355 g/mol. The van der Waals surface area contributed by atoms with Gasteiger partial charge in [-0.3, -0.25) is 0 Å². The van der Waals surface area contributed by atoms with Gasteiger partial charge in [-0.2, -0.15) is 0 Å². The van der Waals surface area contributed by atoms with E-state index in [9.17, 15) is 0 Å². The highest BCUT2D eigenvalue weighted by molar-refractivity contribution is 7.12. The molecule has 1 aliphatic heterocycles. The average molecular weight is 356 g/mol. The molecule has 25 heavy (non-hydrogen) atoms. The summed E-state index contributed by atoms with van der Waals surface area (Å²) >= 11 is 1.91. The second-order valence-electron chi connectivity index (χ2n) is 6.72. The number of allylic oxidation sites excluding steroid dienone is 2. The maximum Gasteiger partial charge on any atom is 0.119 e. The zero-order chi connectivity index (χ0) is 17.2. The summed E-state index contributed by atoms with van der Waals surface area (Å²) in [6.45, 7) is 6.15. The van der Waals surface area contributed by atoms with Crippen LogP contribution in [0, 0.1) is 12.8 Å². The summed E-state index contributed by atoms with van der Waals surface area (Å²) in [7, 11) is 0. The Morgan fingerprint density at radius 2 is 2.12 bits per heavy atom. The smallest absolute Gasteiger partial charge is 0.119 e. The van der Waals surface area contributed by atoms with E-state index in [1.165, 1.54) is 21.0 Å². The molecule has 0 bridgehead atoms. The summed E-state index contributed by atoms with van der Waals surface area (Å²) < 4.78 is 11.2. The van der Waals surface area contributed by atoms with E-state index in [4.69, 9.17) is 9.47 Å². The van der Waals surface area contributed by atoms with Crippen LogP contribution in [0.2, 0.25) is 0 Å². The first-order chi connectivity index (χ1) is 12.3. The Bertz CT molecular complexity index is 767. The standard InChI is InChI=1S/C21H25NO2S/c1-3-23-11-12-24-15-8-9-19-18(13-15)16-5-4-6-17(16)21(22-19)20-10-7-14(2)25-20/h4-5,7-10,13,16-17,21-22H,3,6,11-12H2,1-2H3. The van der Waals surface area contributed by atoms with Crippen LogP contribution in [0.1, 0.15) is 40.6 Å². The minimum Gasteiger partial charge on any atom is -0.491 e. The maximum absolute atomic E-state index is 5.86. The van der Waals surface area contributed by atoms with E-state index >= 15 is 0 Å². The van der Waals surface area contributed by atoms with Crippen molar-refractivity contribution in [3.8, 4) is 5.75 Å². The van der Waals surface area contributed by atoms with Gasteiger partial charge in [-0.25, -0.2) is 0 Å². The van der Waals surface area contributed by atoms with Gasteiger partial charge in [-0.05, 0) is 62.1 Å². The topological polar surface area (TPSA) is 30.5 Å². The molecule has 1 N–H and O–H groups in total. The Balaban J connectivity index is 1.57. The fourth-order valence-corrected chi connectivity index (χ4v) is 4.93. The van der Waals surface area contributed by atoms with Crippen molar-refractivity contribution in [3.05, 3.63) is 57.8 Å². The number of hydrogen-bond acceptors (Lipinski definition) is 4. The first-order valence-electron chi connectivity index (χ1n) is 9.10. The number of rotatable bonds is 6. The third-order valence-electron chi connectivity index (χ3n) is 5.10. The fourth-order valence-electron chi connectivity index (χ4n) is 3.93. The fraction of sp³-hybridized carbons (Fsp3) is 0.429. The van der Waals surface area contributed by atoms with Crippen LogP contribution >= 0.6 is 11.3 Å². The molecule has 0 saturated carbocycles. The number of benzene rings is 1. The Morgan fingerprint density at radius 3 is 2.92 bits per heavy atom. The third-order valence-corrected chi connectivity index (χ3v) is 6.19. The molecular weight excluding hydrogens is 330 g/mol. The Kier molecular flexibility index (Phi) is 4.82. The molecule has 3 unspecified atom stereocenters. The van der Waals surface area contributed by atoms with Crippen LogP contribution in [-0.2, 0) is 4.74 Å². The van der Waals surface area contributed by atoms with Crippen molar-refractivity contribution in [2.75, 3.05) is 25.1 Å². The molecule has 132 valence electrons. The van der Waals surface area contributed by atoms with Crippen molar-refractivity contribution in [3.63, 3.8) is 0 Å². The van der Waals surface area contributed by atoms with Crippen LogP contribution < -0.4 is 10.1 Å². The van der Waals surface area contributed by atoms with Crippen LogP contribution in [0.4, 0.5) is 5.69 Å². The quantitative estimate of drug-likeness (QED) is 0.563. The first kappa shape index (κ1) is 16.7. The molecule has 0 radical (unpaired) electrons. The molecule has 3 nitrogen and oxygen atoms in total. The highest BCUT2D eigenvalue weighted by Gasteiger charge is 2.38. The normalized spacial score (nSPS) is 23.8. The molecule has 0 amide bonds. The second-order valence-corrected chi connectivity index (χ2v) is 8.04. The number of hydrogen-bond donors (Lipinski definition) is 1. The van der Waals surface area contributed by atoms with Gasteiger partial charge in [0, 0.05) is 28.0 Å². The number of aryl methyl sites for hydroxylation is 1. The molecule has 0 fully saturated rings. The molecule has 2 aliphatic rings. The predicted molar refractivity (Wildman–Crippen MR) is 104 cm³/mol. The SMILES string of the molecule is CCOCCOc1ccc2c(c1)C1C=CCC1C(c1ccc(C)s1)N2. The molecule has 3 atom stereocenters. The Morgan fingerprint density at radius 1 is 1.20 bits per heavy atom. The molecule has 4 heteroatoms. The van der Waals surface area contributed by atoms with E-state index in [0.717, 1.165) is 18.8 Å². The summed E-state index contributed by atoms with van der Waals surface area (Å²) in [5.74, 6) is 1.99. The number of thiophene rings is 1. The van der Waals surface area contributed by atoms with E-state index < -0.39 is 0 Å². The van der Waals surface area contributed by atoms with Crippen molar-refractivity contribution < 1.29 is 9.47 Å². The van der Waals surface area contributed by atoms with Crippen LogP contribution in [0.5, 0.6) is 5.75 Å². The summed E-state index contributed by atoms with van der Waals surface area (Å²) in [6, 6.07) is 11.3. The van der Waals surface area contributed by atoms with Gasteiger partial charge >= 0.3 is 0 Å². The van der Waals surface area contributed by atoms with Gasteiger partial charge < -0.3 is 14.8 Å². The van der Waals surface area contributed by atoms with Gasteiger partial charge in [0.05, 0.1) is 12.6 Å². The summed E-state index contributed by atoms with van der Waals surface area (Å²) in [6.07, 6.45) is 5.85. The summed E-state index contributed by atoms with van der Waals surface area (Å²) in [4.78, 5) is 2.82. The lowest BCUT2D eigenvalue weighted by Crippen LogP contribution is -2.28. The van der Waals surface area contributed by atoms with E-state index in [2.05, 4.69) is 54.7 Å². The number of ether oxygens (including phenoxy) is 2. The van der Waals surface area contributed by atoms with Gasteiger partial charge in [0.25, 0.3) is 0 Å². The van der Waals surface area contributed by atoms with Gasteiger partial charge in [-0.15, -0.1) is 11.3 Å². The van der Waals surface area contributed by atoms with Gasteiger partial charge in [0.15, 0.2) is 0 Å². The minimum absolute atomic E-state index is 0.399.